The van der Waals surface area contributed by atoms with Crippen molar-refractivity contribution in [2.75, 3.05) is 7.11 Å². The van der Waals surface area contributed by atoms with Crippen LogP contribution in [-0.4, -0.2) is 18.0 Å². The Balaban J connectivity index is 2.87. The van der Waals surface area contributed by atoms with Gasteiger partial charge in [0.2, 0.25) is 0 Å². The Bertz CT molecular complexity index is 358. The fourth-order valence-electron chi connectivity index (χ4n) is 1.29. The number of rotatable bonds is 5. The molecule has 0 aliphatic carbocycles. The summed E-state index contributed by atoms with van der Waals surface area (Å²) in [5.41, 5.74) is 1.52. The maximum absolute atomic E-state index is 8.88. The number of allylic oxidation sites excluding steroid dienone is 1. The molecule has 0 unspecified atom stereocenters. The highest BCUT2D eigenvalue weighted by Crippen LogP contribution is 2.15. The van der Waals surface area contributed by atoms with Crippen LogP contribution in [0.4, 0.5) is 0 Å². The number of benzene rings is 1. The fourth-order valence-corrected chi connectivity index (χ4v) is 1.29. The zero-order valence-electron chi connectivity index (χ0n) is 8.81. The van der Waals surface area contributed by atoms with Crippen molar-refractivity contribution in [1.29, 1.82) is 0 Å². The van der Waals surface area contributed by atoms with E-state index < -0.39 is 0 Å². The third-order valence-corrected chi connectivity index (χ3v) is 2.11. The number of hydrogen-bond acceptors (Lipinski definition) is 3. The second-order valence-electron chi connectivity index (χ2n) is 3.11. The topological polar surface area (TPSA) is 41.8 Å². The lowest BCUT2D eigenvalue weighted by Gasteiger charge is -2.05. The van der Waals surface area contributed by atoms with Crippen LogP contribution < -0.4 is 4.74 Å². The molecule has 0 aliphatic rings. The first-order chi connectivity index (χ1) is 7.31. The van der Waals surface area contributed by atoms with Gasteiger partial charge in [0.25, 0.3) is 0 Å². The summed E-state index contributed by atoms with van der Waals surface area (Å²) in [6, 6.07) is 7.46. The van der Waals surface area contributed by atoms with E-state index in [2.05, 4.69) is 11.7 Å². The normalized spacial score (nSPS) is 11.1. The predicted molar refractivity (Wildman–Crippen MR) is 60.7 cm³/mol. The van der Waals surface area contributed by atoms with Gasteiger partial charge in [-0.2, -0.15) is 0 Å². The lowest BCUT2D eigenvalue weighted by atomic mass is 10.1. The average molecular weight is 205 g/mol. The van der Waals surface area contributed by atoms with E-state index in [0.717, 1.165) is 17.7 Å². The van der Waals surface area contributed by atoms with Crippen LogP contribution in [0.25, 0.3) is 0 Å². The molecule has 1 aromatic carbocycles. The van der Waals surface area contributed by atoms with Gasteiger partial charge < -0.3 is 9.94 Å². The average Bonchev–Trinajstić information content (AvgIpc) is 2.30. The van der Waals surface area contributed by atoms with E-state index >= 15 is 0 Å². The van der Waals surface area contributed by atoms with Crippen LogP contribution in [0.1, 0.15) is 18.4 Å². The van der Waals surface area contributed by atoms with Crippen LogP contribution in [0, 0.1) is 0 Å². The monoisotopic (exact) mass is 205 g/mol. The minimum atomic E-state index is 0.647. The standard InChI is InChI=1S/C12H15NO2/c1-3-4-8-12(13-14)10-6-5-7-11(9-10)15-2/h3,5-7,9,14H,1,4,8H2,2H3/b13-12-. The first-order valence-electron chi connectivity index (χ1n) is 4.78. The van der Waals surface area contributed by atoms with Gasteiger partial charge in [-0.25, -0.2) is 0 Å². The second-order valence-corrected chi connectivity index (χ2v) is 3.11. The molecule has 0 amide bonds. The second kappa shape index (κ2) is 5.86. The van der Waals surface area contributed by atoms with Gasteiger partial charge in [-0.1, -0.05) is 23.4 Å². The first kappa shape index (κ1) is 11.3. The Morgan fingerprint density at radius 2 is 2.40 bits per heavy atom. The molecule has 0 saturated carbocycles. The number of oxime groups is 1. The summed E-state index contributed by atoms with van der Waals surface area (Å²) >= 11 is 0. The highest BCUT2D eigenvalue weighted by Gasteiger charge is 2.04. The van der Waals surface area contributed by atoms with Crippen molar-refractivity contribution in [2.45, 2.75) is 12.8 Å². The number of methoxy groups -OCH3 is 1. The number of hydrogen-bond donors (Lipinski definition) is 1. The Hall–Kier alpha value is -1.77. The Morgan fingerprint density at radius 3 is 3.00 bits per heavy atom. The summed E-state index contributed by atoms with van der Waals surface area (Å²) < 4.78 is 5.10. The van der Waals surface area contributed by atoms with E-state index in [4.69, 9.17) is 9.94 Å². The van der Waals surface area contributed by atoms with Crippen LogP contribution in [0.5, 0.6) is 5.75 Å². The van der Waals surface area contributed by atoms with Gasteiger partial charge in [0, 0.05) is 5.56 Å². The van der Waals surface area contributed by atoms with Crippen LogP contribution in [0.15, 0.2) is 42.1 Å². The van der Waals surface area contributed by atoms with Crippen LogP contribution in [0.2, 0.25) is 0 Å². The van der Waals surface area contributed by atoms with Crippen molar-refractivity contribution < 1.29 is 9.94 Å². The first-order valence-corrected chi connectivity index (χ1v) is 4.78. The molecule has 0 radical (unpaired) electrons. The van der Waals surface area contributed by atoms with Crippen molar-refractivity contribution in [2.24, 2.45) is 5.16 Å². The smallest absolute Gasteiger partial charge is 0.119 e. The largest absolute Gasteiger partial charge is 0.497 e. The number of nitrogens with zero attached hydrogens (tertiary/aromatic N) is 1. The molecule has 3 nitrogen and oxygen atoms in total. The summed E-state index contributed by atoms with van der Waals surface area (Å²) in [4.78, 5) is 0. The van der Waals surface area contributed by atoms with E-state index in [1.165, 1.54) is 0 Å². The summed E-state index contributed by atoms with van der Waals surface area (Å²) in [6.45, 7) is 3.63. The Labute approximate surface area is 89.7 Å². The van der Waals surface area contributed by atoms with Gasteiger partial charge in [0.05, 0.1) is 12.8 Å². The van der Waals surface area contributed by atoms with Crippen molar-refractivity contribution >= 4 is 5.71 Å². The molecule has 0 aromatic heterocycles. The molecule has 0 bridgehead atoms. The molecule has 0 fully saturated rings. The summed E-state index contributed by atoms with van der Waals surface area (Å²) in [6.07, 6.45) is 3.26. The summed E-state index contributed by atoms with van der Waals surface area (Å²) in [7, 11) is 1.61. The van der Waals surface area contributed by atoms with E-state index in [-0.39, 0.29) is 0 Å². The maximum atomic E-state index is 8.88. The van der Waals surface area contributed by atoms with Crippen LogP contribution in [-0.2, 0) is 0 Å². The molecule has 0 aliphatic heterocycles. The van der Waals surface area contributed by atoms with E-state index in [1.807, 2.05) is 24.3 Å². The third-order valence-electron chi connectivity index (χ3n) is 2.11. The van der Waals surface area contributed by atoms with E-state index in [1.54, 1.807) is 13.2 Å². The van der Waals surface area contributed by atoms with Gasteiger partial charge >= 0.3 is 0 Å². The molecule has 1 aromatic rings. The third kappa shape index (κ3) is 3.13. The predicted octanol–water partition coefficient (Wildman–Crippen LogP) is 2.84. The molecule has 80 valence electrons. The SMILES string of the molecule is C=CCC/C(=N/O)c1cccc(OC)c1. The summed E-state index contributed by atoms with van der Waals surface area (Å²) in [5.74, 6) is 0.757. The highest BCUT2D eigenvalue weighted by atomic mass is 16.5. The number of ether oxygens (including phenoxy) is 1. The van der Waals surface area contributed by atoms with Crippen molar-refractivity contribution in [3.05, 3.63) is 42.5 Å². The molecule has 0 heterocycles. The Kier molecular flexibility index (Phi) is 4.41. The molecule has 0 atom stereocenters. The molecule has 1 rings (SSSR count). The zero-order chi connectivity index (χ0) is 11.1. The molecular formula is C12H15NO2. The van der Waals surface area contributed by atoms with Crippen molar-refractivity contribution in [3.63, 3.8) is 0 Å². The molecule has 1 N–H and O–H groups in total. The molecule has 0 saturated heterocycles. The quantitative estimate of drug-likeness (QED) is 0.347. The Morgan fingerprint density at radius 1 is 1.60 bits per heavy atom. The zero-order valence-corrected chi connectivity index (χ0v) is 8.81. The molecular weight excluding hydrogens is 190 g/mol. The van der Waals surface area contributed by atoms with Gasteiger partial charge in [0.15, 0.2) is 0 Å². The lowest BCUT2D eigenvalue weighted by molar-refractivity contribution is 0.318. The molecule has 15 heavy (non-hydrogen) atoms. The van der Waals surface area contributed by atoms with Gasteiger partial charge in [-0.3, -0.25) is 0 Å². The van der Waals surface area contributed by atoms with Gasteiger partial charge in [-0.05, 0) is 25.0 Å². The minimum Gasteiger partial charge on any atom is -0.497 e. The van der Waals surface area contributed by atoms with E-state index in [9.17, 15) is 0 Å². The lowest BCUT2D eigenvalue weighted by Crippen LogP contribution is -2.00. The van der Waals surface area contributed by atoms with Crippen LogP contribution in [0.3, 0.4) is 0 Å². The molecule has 3 heteroatoms. The minimum absolute atomic E-state index is 0.647. The van der Waals surface area contributed by atoms with E-state index in [0.29, 0.717) is 12.1 Å². The molecule has 0 spiro atoms. The van der Waals surface area contributed by atoms with Gasteiger partial charge in [-0.15, -0.1) is 6.58 Å². The maximum Gasteiger partial charge on any atom is 0.119 e. The van der Waals surface area contributed by atoms with Crippen molar-refractivity contribution in [1.82, 2.24) is 0 Å². The fraction of sp³-hybridized carbons (Fsp3) is 0.250. The van der Waals surface area contributed by atoms with Gasteiger partial charge in [0.1, 0.15) is 5.75 Å². The van der Waals surface area contributed by atoms with Crippen molar-refractivity contribution in [3.8, 4) is 5.75 Å². The van der Waals surface area contributed by atoms with Crippen LogP contribution >= 0.6 is 0 Å². The highest BCUT2D eigenvalue weighted by molar-refractivity contribution is 6.00. The summed E-state index contributed by atoms with van der Waals surface area (Å²) in [5, 5.41) is 12.2.